The molecule has 0 aromatic carbocycles. The molecule has 5 aliphatic rings. The molecule has 1 N–H and O–H groups in total. The normalized spacial score (nSPS) is 46.4. The number of hydrogen-bond donors (Lipinski definition) is 1. The average molecular weight is 507 g/mol. The molecule has 1 heterocycles. The predicted molar refractivity (Wildman–Crippen MR) is 129 cm³/mol. The first-order valence-corrected chi connectivity index (χ1v) is 13.8. The highest BCUT2D eigenvalue weighted by Gasteiger charge is 2.73. The molecular weight excluding hydrogens is 471 g/mol. The molecule has 8 heteroatoms. The lowest BCUT2D eigenvalue weighted by Gasteiger charge is -2.60. The largest absolute Gasteiger partial charge is 0.447 e. The number of ether oxygens (including phenoxy) is 2. The second-order valence-electron chi connectivity index (χ2n) is 11.5. The molecule has 5 rings (SSSR count). The third-order valence-electron chi connectivity index (χ3n) is 9.98. The lowest BCUT2D eigenvalue weighted by Crippen LogP contribution is -2.63. The fourth-order valence-electron chi connectivity index (χ4n) is 8.48. The summed E-state index contributed by atoms with van der Waals surface area (Å²) in [7, 11) is 0. The quantitative estimate of drug-likeness (QED) is 0.573. The number of ketones is 1. The van der Waals surface area contributed by atoms with Gasteiger partial charge in [0.05, 0.1) is 6.10 Å². The fourth-order valence-corrected chi connectivity index (χ4v) is 9.27. The molecule has 0 spiro atoms. The van der Waals surface area contributed by atoms with Gasteiger partial charge < -0.3 is 14.6 Å². The minimum atomic E-state index is -1.53. The predicted octanol–water partition coefficient (Wildman–Crippen LogP) is 4.16. The molecule has 4 fully saturated rings. The van der Waals surface area contributed by atoms with Gasteiger partial charge in [-0.15, -0.1) is 0 Å². The van der Waals surface area contributed by atoms with E-state index in [0.29, 0.717) is 31.2 Å². The van der Waals surface area contributed by atoms with Crippen molar-refractivity contribution in [3.63, 3.8) is 0 Å². The van der Waals surface area contributed by atoms with E-state index in [1.54, 1.807) is 12.2 Å². The SMILES string of the molecule is C[C@@H]1C[C@H]2[C@@H]3CCC4=CC(=O)C=C[C@]4(C)C3[C@@H](O)C[C@]2(C)[C@@]1(OC(=O)C1CCCO1)C(=O)SCF. The van der Waals surface area contributed by atoms with Gasteiger partial charge in [-0.1, -0.05) is 32.4 Å². The number of allylic oxidation sites excluding steroid dienone is 4. The van der Waals surface area contributed by atoms with Crippen LogP contribution in [0.3, 0.4) is 0 Å². The summed E-state index contributed by atoms with van der Waals surface area (Å²) >= 11 is 0.555. The highest BCUT2D eigenvalue weighted by molar-refractivity contribution is 8.13. The smallest absolute Gasteiger partial charge is 0.336 e. The number of thioether (sulfide) groups is 1. The van der Waals surface area contributed by atoms with Crippen LogP contribution in [0.4, 0.5) is 4.39 Å². The molecule has 35 heavy (non-hydrogen) atoms. The molecule has 0 aromatic rings. The summed E-state index contributed by atoms with van der Waals surface area (Å²) in [5.41, 5.74) is -1.75. The Labute approximate surface area is 210 Å². The maximum Gasteiger partial charge on any atom is 0.336 e. The average Bonchev–Trinajstić information content (AvgIpc) is 3.41. The highest BCUT2D eigenvalue weighted by atomic mass is 32.2. The number of halogens is 1. The van der Waals surface area contributed by atoms with Crippen molar-refractivity contribution < 1.29 is 33.4 Å². The molecule has 1 aliphatic heterocycles. The molecule has 4 aliphatic carbocycles. The summed E-state index contributed by atoms with van der Waals surface area (Å²) < 4.78 is 25.2. The van der Waals surface area contributed by atoms with Crippen molar-refractivity contribution in [2.75, 3.05) is 12.6 Å². The number of esters is 1. The molecule has 6 nitrogen and oxygen atoms in total. The lowest BCUT2D eigenvalue weighted by atomic mass is 9.46. The summed E-state index contributed by atoms with van der Waals surface area (Å²) in [6, 6.07) is -0.898. The van der Waals surface area contributed by atoms with Crippen molar-refractivity contribution in [2.45, 2.75) is 77.1 Å². The Hall–Kier alpha value is -1.51. The van der Waals surface area contributed by atoms with Crippen molar-refractivity contribution >= 4 is 28.6 Å². The zero-order valence-electron chi connectivity index (χ0n) is 20.6. The van der Waals surface area contributed by atoms with Gasteiger partial charge >= 0.3 is 5.97 Å². The molecule has 0 amide bonds. The topological polar surface area (TPSA) is 89.9 Å². The van der Waals surface area contributed by atoms with E-state index in [0.717, 1.165) is 24.8 Å². The maximum atomic E-state index is 13.6. The molecular formula is C27H35FO6S. The van der Waals surface area contributed by atoms with Crippen LogP contribution in [0.2, 0.25) is 0 Å². The monoisotopic (exact) mass is 506 g/mol. The van der Waals surface area contributed by atoms with E-state index < -0.39 is 45.7 Å². The number of fused-ring (bicyclic) bond motifs is 5. The fraction of sp³-hybridized carbons (Fsp3) is 0.741. The van der Waals surface area contributed by atoms with Crippen LogP contribution in [0.15, 0.2) is 23.8 Å². The van der Waals surface area contributed by atoms with E-state index in [9.17, 15) is 23.9 Å². The van der Waals surface area contributed by atoms with E-state index >= 15 is 0 Å². The van der Waals surface area contributed by atoms with Gasteiger partial charge in [0.2, 0.25) is 5.12 Å². The summed E-state index contributed by atoms with van der Waals surface area (Å²) in [4.78, 5) is 38.9. The second-order valence-corrected chi connectivity index (χ2v) is 12.4. The van der Waals surface area contributed by atoms with E-state index in [2.05, 4.69) is 6.92 Å². The molecule has 1 saturated heterocycles. The first kappa shape index (κ1) is 25.2. The zero-order valence-corrected chi connectivity index (χ0v) is 21.4. The third-order valence-corrected chi connectivity index (χ3v) is 10.7. The summed E-state index contributed by atoms with van der Waals surface area (Å²) in [6.45, 7) is 6.44. The van der Waals surface area contributed by atoms with Gasteiger partial charge in [0, 0.05) is 29.3 Å². The van der Waals surface area contributed by atoms with Gasteiger partial charge in [-0.2, -0.15) is 0 Å². The first-order valence-electron chi connectivity index (χ1n) is 12.8. The van der Waals surface area contributed by atoms with Gasteiger partial charge in [0.15, 0.2) is 17.5 Å². The van der Waals surface area contributed by atoms with Gasteiger partial charge in [0.1, 0.15) is 6.01 Å². The molecule has 0 bridgehead atoms. The van der Waals surface area contributed by atoms with E-state index in [-0.39, 0.29) is 35.9 Å². The first-order chi connectivity index (χ1) is 16.6. The summed E-state index contributed by atoms with van der Waals surface area (Å²) in [6.07, 6.45) is 7.53. The molecule has 2 unspecified atom stereocenters. The Balaban J connectivity index is 1.55. The van der Waals surface area contributed by atoms with Gasteiger partial charge in [-0.25, -0.2) is 9.18 Å². The zero-order chi connectivity index (χ0) is 25.2. The Kier molecular flexibility index (Phi) is 6.33. The number of rotatable bonds is 4. The van der Waals surface area contributed by atoms with Crippen LogP contribution >= 0.6 is 11.8 Å². The Morgan fingerprint density at radius 3 is 2.77 bits per heavy atom. The van der Waals surface area contributed by atoms with Crippen LogP contribution in [0.25, 0.3) is 0 Å². The summed E-state index contributed by atoms with van der Waals surface area (Å²) in [5.74, 6) is -0.918. The van der Waals surface area contributed by atoms with Crippen LogP contribution in [-0.4, -0.2) is 52.4 Å². The third kappa shape index (κ3) is 3.53. The number of hydrogen-bond acceptors (Lipinski definition) is 7. The second kappa shape index (κ2) is 8.80. The highest BCUT2D eigenvalue weighted by Crippen LogP contribution is 2.69. The van der Waals surface area contributed by atoms with Crippen LogP contribution in [0, 0.1) is 34.5 Å². The maximum absolute atomic E-state index is 13.6. The molecule has 0 radical (unpaired) electrons. The standard InChI is InChI=1S/C27H35FO6S/c1-15-11-19-18-7-6-16-12-17(29)8-9-25(16,2)22(18)20(30)13-26(19,3)27(15,24(32)35-14-28)34-23(31)21-5-4-10-33-21/h8-9,12,15,18-22,30H,4-7,10-11,13-14H2,1-3H3/t15-,18+,19+,20+,21?,22?,25+,26+,27+/m1/s1. The van der Waals surface area contributed by atoms with E-state index in [1.807, 2.05) is 19.9 Å². The number of carbonyl (C=O) groups excluding carboxylic acids is 3. The van der Waals surface area contributed by atoms with Crippen LogP contribution in [0.5, 0.6) is 0 Å². The molecule has 9 atom stereocenters. The van der Waals surface area contributed by atoms with E-state index in [1.165, 1.54) is 0 Å². The van der Waals surface area contributed by atoms with Gasteiger partial charge in [0.25, 0.3) is 0 Å². The van der Waals surface area contributed by atoms with Crippen molar-refractivity contribution in [1.82, 2.24) is 0 Å². The Morgan fingerprint density at radius 1 is 1.31 bits per heavy atom. The van der Waals surface area contributed by atoms with Gasteiger partial charge in [-0.3, -0.25) is 9.59 Å². The van der Waals surface area contributed by atoms with E-state index in [4.69, 9.17) is 9.47 Å². The van der Waals surface area contributed by atoms with Crippen molar-refractivity contribution in [2.24, 2.45) is 34.5 Å². The van der Waals surface area contributed by atoms with Gasteiger partial charge in [-0.05, 0) is 74.3 Å². The van der Waals surface area contributed by atoms with Crippen LogP contribution < -0.4 is 0 Å². The minimum absolute atomic E-state index is 0.0109. The molecule has 192 valence electrons. The minimum Gasteiger partial charge on any atom is -0.447 e. The van der Waals surface area contributed by atoms with Crippen molar-refractivity contribution in [3.05, 3.63) is 23.8 Å². The Bertz CT molecular complexity index is 988. The van der Waals surface area contributed by atoms with Crippen LogP contribution in [0.1, 0.15) is 59.3 Å². The summed E-state index contributed by atoms with van der Waals surface area (Å²) in [5, 5.41) is 11.2. The number of carbonyl (C=O) groups is 3. The Morgan fingerprint density at radius 2 is 2.09 bits per heavy atom. The number of alkyl halides is 1. The molecule has 0 aromatic heterocycles. The lowest BCUT2D eigenvalue weighted by molar-refractivity contribution is -0.205. The van der Waals surface area contributed by atoms with Crippen molar-refractivity contribution in [3.8, 4) is 0 Å². The number of aliphatic hydroxyl groups is 1. The number of aliphatic hydroxyl groups excluding tert-OH is 1. The molecule has 3 saturated carbocycles. The van der Waals surface area contributed by atoms with Crippen LogP contribution in [-0.2, 0) is 23.9 Å². The van der Waals surface area contributed by atoms with Crippen molar-refractivity contribution in [1.29, 1.82) is 0 Å².